The van der Waals surface area contributed by atoms with Crippen LogP contribution in [0.2, 0.25) is 0 Å². The van der Waals surface area contributed by atoms with Crippen molar-refractivity contribution in [1.29, 1.82) is 0 Å². The largest absolute Gasteiger partial charge is 0.353 e. The molecule has 0 saturated carbocycles. The maximum absolute atomic E-state index is 10.8. The van der Waals surface area contributed by atoms with Crippen LogP contribution in [0, 0.1) is 6.92 Å². The van der Waals surface area contributed by atoms with Crippen LogP contribution in [0.1, 0.15) is 15.9 Å². The van der Waals surface area contributed by atoms with Crippen LogP contribution in [0.25, 0.3) is 0 Å². The van der Waals surface area contributed by atoms with E-state index in [0.717, 1.165) is 49.7 Å². The third kappa shape index (κ3) is 2.86. The average Bonchev–Trinajstić information content (AvgIpc) is 2.56. The van der Waals surface area contributed by atoms with Crippen molar-refractivity contribution in [2.45, 2.75) is 6.92 Å². The molecule has 0 spiro atoms. The van der Waals surface area contributed by atoms with E-state index in [1.54, 1.807) is 6.20 Å². The topological polar surface area (TPSA) is 49.3 Å². The molecule has 0 bridgehead atoms. The number of carbonyl (C=O) groups is 1. The molecule has 1 saturated heterocycles. The summed E-state index contributed by atoms with van der Waals surface area (Å²) in [5.41, 5.74) is 1.68. The zero-order valence-corrected chi connectivity index (χ0v) is 12.1. The molecule has 1 aliphatic heterocycles. The summed E-state index contributed by atoms with van der Waals surface area (Å²) >= 11 is 0. The Hall–Kier alpha value is -2.43. The van der Waals surface area contributed by atoms with Gasteiger partial charge in [-0.25, -0.2) is 9.97 Å². The SMILES string of the molecule is Cc1cc(C=O)cnc1N1CCN(c2ccccn2)CC1. The van der Waals surface area contributed by atoms with Gasteiger partial charge >= 0.3 is 0 Å². The minimum Gasteiger partial charge on any atom is -0.353 e. The lowest BCUT2D eigenvalue weighted by Gasteiger charge is -2.36. The lowest BCUT2D eigenvalue weighted by Crippen LogP contribution is -2.47. The molecule has 0 aliphatic carbocycles. The van der Waals surface area contributed by atoms with Gasteiger partial charge in [0.25, 0.3) is 0 Å². The maximum atomic E-state index is 10.8. The molecule has 0 amide bonds. The van der Waals surface area contributed by atoms with Crippen molar-refractivity contribution in [2.75, 3.05) is 36.0 Å². The first kappa shape index (κ1) is 13.5. The molecule has 0 unspecified atom stereocenters. The Balaban J connectivity index is 1.70. The van der Waals surface area contributed by atoms with E-state index in [1.165, 1.54) is 0 Å². The van der Waals surface area contributed by atoms with Crippen LogP contribution in [0.4, 0.5) is 11.6 Å². The quantitative estimate of drug-likeness (QED) is 0.805. The number of nitrogens with zero attached hydrogens (tertiary/aromatic N) is 4. The normalized spacial score (nSPS) is 15.1. The van der Waals surface area contributed by atoms with Crippen molar-refractivity contribution in [3.63, 3.8) is 0 Å². The average molecular weight is 282 g/mol. The summed E-state index contributed by atoms with van der Waals surface area (Å²) in [5.74, 6) is 2.00. The summed E-state index contributed by atoms with van der Waals surface area (Å²) in [5, 5.41) is 0. The molecule has 0 N–H and O–H groups in total. The molecule has 0 atom stereocenters. The number of hydrogen-bond acceptors (Lipinski definition) is 5. The second-order valence-corrected chi connectivity index (χ2v) is 5.19. The van der Waals surface area contributed by atoms with Crippen LogP contribution in [-0.2, 0) is 0 Å². The van der Waals surface area contributed by atoms with Gasteiger partial charge in [0.15, 0.2) is 6.29 Å². The van der Waals surface area contributed by atoms with Crippen LogP contribution in [0.15, 0.2) is 36.7 Å². The number of aromatic nitrogens is 2. The van der Waals surface area contributed by atoms with E-state index in [9.17, 15) is 4.79 Å². The Morgan fingerprint density at radius 3 is 2.48 bits per heavy atom. The molecule has 0 radical (unpaired) electrons. The Morgan fingerprint density at radius 1 is 1.10 bits per heavy atom. The first-order valence-electron chi connectivity index (χ1n) is 7.10. The Bertz CT molecular complexity index is 621. The van der Waals surface area contributed by atoms with E-state index >= 15 is 0 Å². The van der Waals surface area contributed by atoms with Crippen molar-refractivity contribution in [1.82, 2.24) is 9.97 Å². The number of anilines is 2. The maximum Gasteiger partial charge on any atom is 0.151 e. The van der Waals surface area contributed by atoms with E-state index in [4.69, 9.17) is 0 Å². The lowest BCUT2D eigenvalue weighted by molar-refractivity contribution is 0.112. The van der Waals surface area contributed by atoms with Crippen molar-refractivity contribution in [2.24, 2.45) is 0 Å². The summed E-state index contributed by atoms with van der Waals surface area (Å²) in [6, 6.07) is 7.87. The number of piperazine rings is 1. The first-order valence-corrected chi connectivity index (χ1v) is 7.10. The van der Waals surface area contributed by atoms with Gasteiger partial charge in [0.2, 0.25) is 0 Å². The smallest absolute Gasteiger partial charge is 0.151 e. The molecule has 3 heterocycles. The van der Waals surface area contributed by atoms with Crippen molar-refractivity contribution < 1.29 is 4.79 Å². The highest BCUT2D eigenvalue weighted by atomic mass is 16.1. The number of hydrogen-bond donors (Lipinski definition) is 0. The Kier molecular flexibility index (Phi) is 3.81. The zero-order valence-electron chi connectivity index (χ0n) is 12.1. The molecule has 1 fully saturated rings. The first-order chi connectivity index (χ1) is 10.3. The van der Waals surface area contributed by atoms with Crippen molar-refractivity contribution >= 4 is 17.9 Å². The summed E-state index contributed by atoms with van der Waals surface area (Å²) in [6.07, 6.45) is 4.30. The van der Waals surface area contributed by atoms with E-state index in [0.29, 0.717) is 5.56 Å². The second-order valence-electron chi connectivity index (χ2n) is 5.19. The molecule has 1 aliphatic rings. The number of pyridine rings is 2. The Morgan fingerprint density at radius 2 is 1.86 bits per heavy atom. The van der Waals surface area contributed by atoms with Gasteiger partial charge in [-0.05, 0) is 30.7 Å². The third-order valence-corrected chi connectivity index (χ3v) is 3.76. The number of carbonyl (C=O) groups excluding carboxylic acids is 1. The van der Waals surface area contributed by atoms with Crippen LogP contribution in [0.5, 0.6) is 0 Å². The van der Waals surface area contributed by atoms with Crippen LogP contribution in [-0.4, -0.2) is 42.4 Å². The fourth-order valence-electron chi connectivity index (χ4n) is 2.67. The van der Waals surface area contributed by atoms with Gasteiger partial charge in [-0.15, -0.1) is 0 Å². The molecule has 3 rings (SSSR count). The predicted molar refractivity (Wildman–Crippen MR) is 83.0 cm³/mol. The van der Waals surface area contributed by atoms with Gasteiger partial charge in [-0.1, -0.05) is 6.07 Å². The molecule has 2 aromatic heterocycles. The monoisotopic (exact) mass is 282 g/mol. The summed E-state index contributed by atoms with van der Waals surface area (Å²) < 4.78 is 0. The van der Waals surface area contributed by atoms with Crippen LogP contribution in [0.3, 0.4) is 0 Å². The van der Waals surface area contributed by atoms with Gasteiger partial charge in [0.1, 0.15) is 11.6 Å². The fraction of sp³-hybridized carbons (Fsp3) is 0.312. The number of aryl methyl sites for hydroxylation is 1. The molecule has 5 heteroatoms. The number of rotatable bonds is 3. The minimum absolute atomic E-state index is 0.628. The Labute approximate surface area is 124 Å². The second kappa shape index (κ2) is 5.91. The standard InChI is InChI=1S/C16H18N4O/c1-13-10-14(12-21)11-18-16(13)20-8-6-19(7-9-20)15-4-2-3-5-17-15/h2-5,10-12H,6-9H2,1H3. The van der Waals surface area contributed by atoms with Gasteiger partial charge in [0.05, 0.1) is 0 Å². The highest BCUT2D eigenvalue weighted by molar-refractivity contribution is 5.75. The minimum atomic E-state index is 0.628. The van der Waals surface area contributed by atoms with Crippen LogP contribution >= 0.6 is 0 Å². The summed E-state index contributed by atoms with van der Waals surface area (Å²) in [4.78, 5) is 24.2. The van der Waals surface area contributed by atoms with Gasteiger partial charge < -0.3 is 9.80 Å². The molecular weight excluding hydrogens is 264 g/mol. The van der Waals surface area contributed by atoms with Gasteiger partial charge in [-0.2, -0.15) is 0 Å². The molecule has 0 aromatic carbocycles. The molecular formula is C16H18N4O. The summed E-state index contributed by atoms with van der Waals surface area (Å²) in [6.45, 7) is 5.66. The highest BCUT2D eigenvalue weighted by Crippen LogP contribution is 2.20. The van der Waals surface area contributed by atoms with Crippen molar-refractivity contribution in [3.8, 4) is 0 Å². The number of aldehydes is 1. The highest BCUT2D eigenvalue weighted by Gasteiger charge is 2.20. The predicted octanol–water partition coefficient (Wildman–Crippen LogP) is 1.92. The van der Waals surface area contributed by atoms with Crippen LogP contribution < -0.4 is 9.80 Å². The van der Waals surface area contributed by atoms with E-state index in [-0.39, 0.29) is 0 Å². The lowest BCUT2D eigenvalue weighted by atomic mass is 10.2. The molecule has 5 nitrogen and oxygen atoms in total. The molecule has 21 heavy (non-hydrogen) atoms. The van der Waals surface area contributed by atoms with Gasteiger partial charge in [0, 0.05) is 44.1 Å². The van der Waals surface area contributed by atoms with E-state index in [1.807, 2.05) is 37.4 Å². The van der Waals surface area contributed by atoms with E-state index < -0.39 is 0 Å². The third-order valence-electron chi connectivity index (χ3n) is 3.76. The van der Waals surface area contributed by atoms with E-state index in [2.05, 4.69) is 19.8 Å². The molecule has 2 aromatic rings. The molecule has 108 valence electrons. The van der Waals surface area contributed by atoms with Crippen molar-refractivity contribution in [3.05, 3.63) is 47.8 Å². The van der Waals surface area contributed by atoms with Gasteiger partial charge in [-0.3, -0.25) is 4.79 Å². The summed E-state index contributed by atoms with van der Waals surface area (Å²) in [7, 11) is 0. The fourth-order valence-corrected chi connectivity index (χ4v) is 2.67. The zero-order chi connectivity index (χ0) is 14.7.